The van der Waals surface area contributed by atoms with Crippen molar-refractivity contribution in [3.63, 3.8) is 0 Å². The van der Waals surface area contributed by atoms with Crippen LogP contribution in [0.5, 0.6) is 0 Å². The lowest BCUT2D eigenvalue weighted by Gasteiger charge is -2.17. The molecule has 7 nitrogen and oxygen atoms in total. The number of aryl methyl sites for hydroxylation is 2. The topological polar surface area (TPSA) is 92.8 Å². The smallest absolute Gasteiger partial charge is 0.338 e. The van der Waals surface area contributed by atoms with Crippen molar-refractivity contribution in [2.75, 3.05) is 18.4 Å². The Morgan fingerprint density at radius 2 is 1.67 bits per heavy atom. The van der Waals surface area contributed by atoms with Gasteiger partial charge >= 0.3 is 5.97 Å². The van der Waals surface area contributed by atoms with Crippen molar-refractivity contribution in [3.05, 3.63) is 95.1 Å². The van der Waals surface area contributed by atoms with Crippen LogP contribution < -0.4 is 4.72 Å². The van der Waals surface area contributed by atoms with E-state index < -0.39 is 22.6 Å². The summed E-state index contributed by atoms with van der Waals surface area (Å²) in [5.74, 6) is -1.13. The maximum atomic E-state index is 12.8. The number of anilines is 1. The zero-order chi connectivity index (χ0) is 24.0. The molecular weight excluding hydrogens is 440 g/mol. The number of rotatable bonds is 8. The van der Waals surface area contributed by atoms with Gasteiger partial charge in [0.1, 0.15) is 0 Å². The molecule has 172 valence electrons. The summed E-state index contributed by atoms with van der Waals surface area (Å²) in [6, 6.07) is 20.6. The van der Waals surface area contributed by atoms with Crippen LogP contribution >= 0.6 is 0 Å². The second kappa shape index (κ2) is 10.3. The first-order valence-electron chi connectivity index (χ1n) is 10.3. The normalized spacial score (nSPS) is 11.0. The monoisotopic (exact) mass is 466 g/mol. The number of benzene rings is 3. The van der Waals surface area contributed by atoms with Crippen LogP contribution in [0.3, 0.4) is 0 Å². The zero-order valence-electron chi connectivity index (χ0n) is 18.7. The number of sulfonamides is 1. The Labute approximate surface area is 194 Å². The van der Waals surface area contributed by atoms with E-state index in [0.29, 0.717) is 17.8 Å². The minimum atomic E-state index is -3.92. The first-order valence-corrected chi connectivity index (χ1v) is 11.8. The maximum absolute atomic E-state index is 12.8. The van der Waals surface area contributed by atoms with Crippen molar-refractivity contribution in [1.82, 2.24) is 4.90 Å². The summed E-state index contributed by atoms with van der Waals surface area (Å²) in [6.45, 7) is 3.47. The van der Waals surface area contributed by atoms with Crippen molar-refractivity contribution in [2.45, 2.75) is 25.3 Å². The predicted molar refractivity (Wildman–Crippen MR) is 126 cm³/mol. The predicted octanol–water partition coefficient (Wildman–Crippen LogP) is 3.92. The van der Waals surface area contributed by atoms with Gasteiger partial charge in [0, 0.05) is 19.3 Å². The Bertz CT molecular complexity index is 1260. The number of carbonyl (C=O) groups is 2. The summed E-state index contributed by atoms with van der Waals surface area (Å²) in [6.07, 6.45) is 0. The molecule has 0 saturated carbocycles. The molecule has 1 amide bonds. The molecule has 0 atom stereocenters. The fourth-order valence-corrected chi connectivity index (χ4v) is 4.25. The molecule has 3 rings (SSSR count). The lowest BCUT2D eigenvalue weighted by molar-refractivity contribution is -0.133. The van der Waals surface area contributed by atoms with E-state index in [1.165, 1.54) is 23.1 Å². The number of nitrogens with one attached hydrogen (secondary N) is 1. The Hall–Kier alpha value is -3.65. The third-order valence-electron chi connectivity index (χ3n) is 5.02. The second-order valence-corrected chi connectivity index (χ2v) is 9.45. The second-order valence-electron chi connectivity index (χ2n) is 7.76. The van der Waals surface area contributed by atoms with E-state index in [-0.39, 0.29) is 16.4 Å². The molecule has 0 fully saturated rings. The Morgan fingerprint density at radius 3 is 2.36 bits per heavy atom. The highest BCUT2D eigenvalue weighted by molar-refractivity contribution is 7.92. The van der Waals surface area contributed by atoms with Crippen LogP contribution in [0.2, 0.25) is 0 Å². The van der Waals surface area contributed by atoms with Gasteiger partial charge in [-0.2, -0.15) is 0 Å². The van der Waals surface area contributed by atoms with E-state index in [0.717, 1.165) is 11.1 Å². The van der Waals surface area contributed by atoms with E-state index in [4.69, 9.17) is 4.74 Å². The summed E-state index contributed by atoms with van der Waals surface area (Å²) < 4.78 is 33.3. The van der Waals surface area contributed by atoms with Gasteiger partial charge in [0.2, 0.25) is 0 Å². The fraction of sp³-hybridized carbons (Fsp3) is 0.200. The molecule has 8 heteroatoms. The molecule has 0 aromatic heterocycles. The molecule has 0 aliphatic carbocycles. The molecular formula is C25H26N2O5S. The Morgan fingerprint density at radius 1 is 0.939 bits per heavy atom. The highest BCUT2D eigenvalue weighted by atomic mass is 32.2. The Balaban J connectivity index is 1.68. The lowest BCUT2D eigenvalue weighted by atomic mass is 10.1. The lowest BCUT2D eigenvalue weighted by Crippen LogP contribution is -2.31. The van der Waals surface area contributed by atoms with Gasteiger partial charge in [0.15, 0.2) is 6.61 Å². The molecule has 0 spiro atoms. The van der Waals surface area contributed by atoms with Gasteiger partial charge in [0.25, 0.3) is 15.9 Å². The van der Waals surface area contributed by atoms with Crippen molar-refractivity contribution in [1.29, 1.82) is 0 Å². The molecule has 0 aliphatic rings. The van der Waals surface area contributed by atoms with Crippen LogP contribution in [0, 0.1) is 13.8 Å². The summed E-state index contributed by atoms with van der Waals surface area (Å²) in [4.78, 5) is 26.4. The van der Waals surface area contributed by atoms with Crippen molar-refractivity contribution < 1.29 is 22.7 Å². The van der Waals surface area contributed by atoms with Crippen LogP contribution in [0.1, 0.15) is 27.0 Å². The molecule has 0 radical (unpaired) electrons. The van der Waals surface area contributed by atoms with Crippen LogP contribution in [-0.4, -0.2) is 38.8 Å². The quantitative estimate of drug-likeness (QED) is 0.508. The van der Waals surface area contributed by atoms with E-state index in [1.807, 2.05) is 43.3 Å². The minimum Gasteiger partial charge on any atom is -0.452 e. The van der Waals surface area contributed by atoms with Gasteiger partial charge in [-0.1, -0.05) is 48.5 Å². The van der Waals surface area contributed by atoms with Gasteiger partial charge in [-0.25, -0.2) is 13.2 Å². The molecule has 0 aliphatic heterocycles. The molecule has 3 aromatic carbocycles. The SMILES string of the molecule is Cc1cccc(NS(=O)(=O)c2ccc(C)c(C(=O)OCC(=O)N(C)Cc3ccccc3)c2)c1. The highest BCUT2D eigenvalue weighted by Gasteiger charge is 2.20. The number of ether oxygens (including phenoxy) is 1. The van der Waals surface area contributed by atoms with E-state index in [1.54, 1.807) is 32.2 Å². The van der Waals surface area contributed by atoms with Gasteiger partial charge in [-0.15, -0.1) is 0 Å². The van der Waals surface area contributed by atoms with Crippen LogP contribution in [0.15, 0.2) is 77.7 Å². The number of hydrogen-bond acceptors (Lipinski definition) is 5. The van der Waals surface area contributed by atoms with E-state index in [2.05, 4.69) is 4.72 Å². The number of carbonyl (C=O) groups excluding carboxylic acids is 2. The number of amides is 1. The summed E-state index contributed by atoms with van der Waals surface area (Å²) in [5.41, 5.74) is 2.91. The van der Waals surface area contributed by atoms with Gasteiger partial charge in [-0.3, -0.25) is 9.52 Å². The average molecular weight is 467 g/mol. The van der Waals surface area contributed by atoms with Crippen molar-refractivity contribution >= 4 is 27.6 Å². The molecule has 0 unspecified atom stereocenters. The van der Waals surface area contributed by atoms with Crippen LogP contribution in [0.25, 0.3) is 0 Å². The van der Waals surface area contributed by atoms with E-state index in [9.17, 15) is 18.0 Å². The summed E-state index contributed by atoms with van der Waals surface area (Å²) >= 11 is 0. The highest BCUT2D eigenvalue weighted by Crippen LogP contribution is 2.20. The number of nitrogens with zero attached hydrogens (tertiary/aromatic N) is 1. The minimum absolute atomic E-state index is 0.0749. The van der Waals surface area contributed by atoms with Crippen molar-refractivity contribution in [2.24, 2.45) is 0 Å². The molecule has 1 N–H and O–H groups in total. The Kier molecular flexibility index (Phi) is 7.50. The fourth-order valence-electron chi connectivity index (χ4n) is 3.17. The average Bonchev–Trinajstić information content (AvgIpc) is 2.77. The van der Waals surface area contributed by atoms with E-state index >= 15 is 0 Å². The molecule has 3 aromatic rings. The third kappa shape index (κ3) is 6.43. The number of esters is 1. The first kappa shape index (κ1) is 24.0. The summed E-state index contributed by atoms with van der Waals surface area (Å²) in [5, 5.41) is 0. The number of likely N-dealkylation sites (N-methyl/N-ethyl adjacent to an activating group) is 1. The number of hydrogen-bond donors (Lipinski definition) is 1. The zero-order valence-corrected chi connectivity index (χ0v) is 19.6. The molecule has 0 heterocycles. The largest absolute Gasteiger partial charge is 0.452 e. The summed E-state index contributed by atoms with van der Waals surface area (Å²) in [7, 11) is -2.29. The first-order chi connectivity index (χ1) is 15.7. The molecule has 33 heavy (non-hydrogen) atoms. The molecule has 0 bridgehead atoms. The van der Waals surface area contributed by atoms with Crippen LogP contribution in [-0.2, 0) is 26.1 Å². The van der Waals surface area contributed by atoms with Gasteiger partial charge in [-0.05, 0) is 54.8 Å². The van der Waals surface area contributed by atoms with Crippen LogP contribution in [0.4, 0.5) is 5.69 Å². The third-order valence-corrected chi connectivity index (χ3v) is 6.40. The maximum Gasteiger partial charge on any atom is 0.338 e. The van der Waals surface area contributed by atoms with Crippen molar-refractivity contribution in [3.8, 4) is 0 Å². The van der Waals surface area contributed by atoms with Gasteiger partial charge < -0.3 is 9.64 Å². The molecule has 0 saturated heterocycles. The standard InChI is InChI=1S/C25H26N2O5S/c1-18-8-7-11-21(14-18)26-33(30,31)22-13-12-19(2)23(15-22)25(29)32-17-24(28)27(3)16-20-9-5-4-6-10-20/h4-15,26H,16-17H2,1-3H3. The van der Waals surface area contributed by atoms with Gasteiger partial charge in [0.05, 0.1) is 10.5 Å².